The molecular weight excluding hydrogens is 442 g/mol. The van der Waals surface area contributed by atoms with Crippen LogP contribution in [0.3, 0.4) is 0 Å². The lowest BCUT2D eigenvalue weighted by Crippen LogP contribution is -2.58. The van der Waals surface area contributed by atoms with Crippen molar-refractivity contribution in [1.82, 2.24) is 10.7 Å². The molecule has 1 fully saturated rings. The minimum Gasteiger partial charge on any atom is -0.497 e. The van der Waals surface area contributed by atoms with E-state index < -0.39 is 29.7 Å². The molecule has 1 saturated heterocycles. The van der Waals surface area contributed by atoms with Crippen LogP contribution in [-0.4, -0.2) is 43.0 Å². The van der Waals surface area contributed by atoms with Crippen molar-refractivity contribution in [2.75, 3.05) is 17.3 Å². The first kappa shape index (κ1) is 24.1. The van der Waals surface area contributed by atoms with Crippen molar-refractivity contribution in [3.8, 4) is 5.75 Å². The minimum atomic E-state index is -1.42. The molecule has 0 radical (unpaired) electrons. The highest BCUT2D eigenvalue weighted by Gasteiger charge is 2.40. The van der Waals surface area contributed by atoms with Crippen LogP contribution in [0.25, 0.3) is 0 Å². The van der Waals surface area contributed by atoms with Crippen molar-refractivity contribution in [3.63, 3.8) is 0 Å². The number of amides is 6. The van der Waals surface area contributed by atoms with E-state index in [4.69, 9.17) is 4.74 Å². The van der Waals surface area contributed by atoms with Crippen molar-refractivity contribution in [3.05, 3.63) is 54.1 Å². The van der Waals surface area contributed by atoms with E-state index in [1.165, 1.54) is 31.4 Å². The highest BCUT2D eigenvalue weighted by molar-refractivity contribution is 6.32. The lowest BCUT2D eigenvalue weighted by Gasteiger charge is -2.28. The molecule has 0 aliphatic carbocycles. The van der Waals surface area contributed by atoms with Crippen LogP contribution in [0.1, 0.15) is 24.2 Å². The normalized spacial score (nSPS) is 15.9. The molecule has 1 aliphatic rings. The van der Waals surface area contributed by atoms with Crippen molar-refractivity contribution < 1.29 is 28.7 Å². The number of carbonyl (C=O) groups is 5. The number of nitrogens with zero attached hydrogens (tertiary/aromatic N) is 2. The minimum absolute atomic E-state index is 0.153. The molecule has 1 heterocycles. The smallest absolute Gasteiger partial charge is 0.335 e. The van der Waals surface area contributed by atoms with Gasteiger partial charge in [-0.3, -0.25) is 24.5 Å². The standard InChI is InChI=1S/C23H23N5O6/c1-13(2)19(29)25-15-6-4-14(5-7-15)20(30)27-24-12-18-21(31)26-23(33)28(22(18)32)16-8-10-17(34-3)11-9-16/h4-13,18H,1-3H3,(H,25,29)(H,27,30)(H,26,31,33)/b24-12-/t18-/m1/s1. The molecule has 0 bridgehead atoms. The summed E-state index contributed by atoms with van der Waals surface area (Å²) in [5.41, 5.74) is 3.25. The number of carbonyl (C=O) groups excluding carboxylic acids is 5. The Kier molecular flexibility index (Phi) is 7.36. The summed E-state index contributed by atoms with van der Waals surface area (Å²) in [6.45, 7) is 3.53. The molecule has 3 N–H and O–H groups in total. The van der Waals surface area contributed by atoms with Crippen molar-refractivity contribution in [1.29, 1.82) is 0 Å². The molecule has 2 aromatic rings. The first-order valence-electron chi connectivity index (χ1n) is 10.3. The van der Waals surface area contributed by atoms with Gasteiger partial charge in [-0.15, -0.1) is 0 Å². The molecule has 0 aromatic heterocycles. The number of hydrogen-bond donors (Lipinski definition) is 3. The largest absolute Gasteiger partial charge is 0.497 e. The lowest BCUT2D eigenvalue weighted by molar-refractivity contribution is -0.131. The number of rotatable bonds is 7. The quantitative estimate of drug-likeness (QED) is 0.323. The van der Waals surface area contributed by atoms with E-state index in [0.29, 0.717) is 11.4 Å². The summed E-state index contributed by atoms with van der Waals surface area (Å²) in [6, 6.07) is 11.3. The first-order valence-corrected chi connectivity index (χ1v) is 10.3. The zero-order valence-electron chi connectivity index (χ0n) is 18.7. The van der Waals surface area contributed by atoms with Gasteiger partial charge in [0.25, 0.3) is 11.8 Å². The number of urea groups is 1. The first-order chi connectivity index (χ1) is 16.2. The summed E-state index contributed by atoms with van der Waals surface area (Å²) in [5.74, 6) is -3.50. The number of anilines is 2. The second kappa shape index (κ2) is 10.4. The molecule has 0 spiro atoms. The summed E-state index contributed by atoms with van der Waals surface area (Å²) in [6.07, 6.45) is 0.954. The van der Waals surface area contributed by atoms with E-state index in [9.17, 15) is 24.0 Å². The number of barbiturate groups is 1. The third-order valence-electron chi connectivity index (χ3n) is 4.86. The van der Waals surface area contributed by atoms with Gasteiger partial charge >= 0.3 is 6.03 Å². The molecule has 34 heavy (non-hydrogen) atoms. The Morgan fingerprint density at radius 1 is 1.06 bits per heavy atom. The predicted octanol–water partition coefficient (Wildman–Crippen LogP) is 1.90. The fraction of sp³-hybridized carbons (Fsp3) is 0.217. The summed E-state index contributed by atoms with van der Waals surface area (Å²) in [4.78, 5) is 62.0. The third kappa shape index (κ3) is 5.44. The second-order valence-electron chi connectivity index (χ2n) is 7.58. The van der Waals surface area contributed by atoms with Crippen LogP contribution in [-0.2, 0) is 14.4 Å². The molecule has 2 aromatic carbocycles. The number of hydrazone groups is 1. The number of benzene rings is 2. The summed E-state index contributed by atoms with van der Waals surface area (Å²) < 4.78 is 5.06. The molecule has 176 valence electrons. The molecule has 6 amide bonds. The Morgan fingerprint density at radius 2 is 1.71 bits per heavy atom. The predicted molar refractivity (Wildman–Crippen MR) is 123 cm³/mol. The molecule has 1 atom stereocenters. The van der Waals surface area contributed by atoms with Crippen LogP contribution in [0, 0.1) is 11.8 Å². The van der Waals surface area contributed by atoms with Gasteiger partial charge in [0.15, 0.2) is 5.92 Å². The zero-order valence-corrected chi connectivity index (χ0v) is 18.7. The van der Waals surface area contributed by atoms with E-state index >= 15 is 0 Å². The van der Waals surface area contributed by atoms with Gasteiger partial charge in [0.1, 0.15) is 5.75 Å². The number of imide groups is 2. The maximum Gasteiger partial charge on any atom is 0.335 e. The van der Waals surface area contributed by atoms with Gasteiger partial charge in [-0.1, -0.05) is 13.8 Å². The molecule has 11 nitrogen and oxygen atoms in total. The van der Waals surface area contributed by atoms with Crippen LogP contribution in [0.4, 0.5) is 16.2 Å². The Balaban J connectivity index is 1.66. The van der Waals surface area contributed by atoms with Gasteiger partial charge in [0.2, 0.25) is 11.8 Å². The van der Waals surface area contributed by atoms with Crippen molar-refractivity contribution in [2.45, 2.75) is 13.8 Å². The van der Waals surface area contributed by atoms with E-state index in [-0.39, 0.29) is 23.1 Å². The number of ether oxygens (including phenoxy) is 1. The molecule has 0 unspecified atom stereocenters. The SMILES string of the molecule is COc1ccc(N2C(=O)NC(=O)[C@@H](/C=N\NC(=O)c3ccc(NC(=O)C(C)C)cc3)C2=O)cc1. The third-order valence-corrected chi connectivity index (χ3v) is 4.86. The zero-order chi connectivity index (χ0) is 24.8. The van der Waals surface area contributed by atoms with Crippen LogP contribution in [0.5, 0.6) is 5.75 Å². The van der Waals surface area contributed by atoms with Gasteiger partial charge in [0, 0.05) is 23.4 Å². The highest BCUT2D eigenvalue weighted by atomic mass is 16.5. The molecule has 11 heteroatoms. The maximum atomic E-state index is 12.8. The molecule has 0 saturated carbocycles. The van der Waals surface area contributed by atoms with Gasteiger partial charge < -0.3 is 10.1 Å². The summed E-state index contributed by atoms with van der Waals surface area (Å²) in [7, 11) is 1.48. The topological polar surface area (TPSA) is 146 Å². The van der Waals surface area contributed by atoms with Gasteiger partial charge in [-0.2, -0.15) is 5.10 Å². The van der Waals surface area contributed by atoms with E-state index in [1.807, 2.05) is 0 Å². The summed E-state index contributed by atoms with van der Waals surface area (Å²) in [5, 5.41) is 8.52. The fourth-order valence-electron chi connectivity index (χ4n) is 2.92. The van der Waals surface area contributed by atoms with Crippen LogP contribution in [0.15, 0.2) is 53.6 Å². The van der Waals surface area contributed by atoms with E-state index in [1.54, 1.807) is 38.1 Å². The van der Waals surface area contributed by atoms with E-state index in [2.05, 4.69) is 21.2 Å². The average molecular weight is 465 g/mol. The highest BCUT2D eigenvalue weighted by Crippen LogP contribution is 2.23. The van der Waals surface area contributed by atoms with Gasteiger partial charge in [0.05, 0.1) is 12.8 Å². The van der Waals surface area contributed by atoms with Gasteiger partial charge in [-0.25, -0.2) is 15.1 Å². The maximum absolute atomic E-state index is 12.8. The fourth-order valence-corrected chi connectivity index (χ4v) is 2.92. The Hall–Kier alpha value is -4.54. The van der Waals surface area contributed by atoms with Crippen LogP contribution < -0.4 is 25.7 Å². The monoisotopic (exact) mass is 465 g/mol. The van der Waals surface area contributed by atoms with Crippen LogP contribution in [0.2, 0.25) is 0 Å². The van der Waals surface area contributed by atoms with E-state index in [0.717, 1.165) is 11.1 Å². The average Bonchev–Trinajstić information content (AvgIpc) is 2.81. The number of hydrogen-bond acceptors (Lipinski definition) is 7. The van der Waals surface area contributed by atoms with Crippen molar-refractivity contribution >= 4 is 47.2 Å². The van der Waals surface area contributed by atoms with Gasteiger partial charge in [-0.05, 0) is 48.5 Å². The Morgan fingerprint density at radius 3 is 2.29 bits per heavy atom. The second-order valence-corrected chi connectivity index (χ2v) is 7.58. The Bertz CT molecular complexity index is 1140. The lowest BCUT2D eigenvalue weighted by atomic mass is 10.1. The van der Waals surface area contributed by atoms with Crippen LogP contribution >= 0.6 is 0 Å². The molecular formula is C23H23N5O6. The summed E-state index contributed by atoms with van der Waals surface area (Å²) >= 11 is 0. The van der Waals surface area contributed by atoms with Crippen molar-refractivity contribution in [2.24, 2.45) is 16.9 Å². The Labute approximate surface area is 195 Å². The molecule has 1 aliphatic heterocycles. The number of methoxy groups -OCH3 is 1. The number of nitrogens with one attached hydrogen (secondary N) is 3. The molecule has 3 rings (SSSR count).